The van der Waals surface area contributed by atoms with Gasteiger partial charge in [-0.3, -0.25) is 4.79 Å². The van der Waals surface area contributed by atoms with E-state index < -0.39 is 0 Å². The van der Waals surface area contributed by atoms with E-state index in [0.717, 1.165) is 19.4 Å². The van der Waals surface area contributed by atoms with E-state index in [2.05, 4.69) is 10.4 Å². The Morgan fingerprint density at radius 1 is 1.42 bits per heavy atom. The van der Waals surface area contributed by atoms with E-state index >= 15 is 0 Å². The van der Waals surface area contributed by atoms with Crippen LogP contribution in [0.25, 0.3) is 0 Å². The van der Waals surface area contributed by atoms with E-state index in [-0.39, 0.29) is 17.8 Å². The first-order valence-corrected chi connectivity index (χ1v) is 7.96. The van der Waals surface area contributed by atoms with Gasteiger partial charge in [0, 0.05) is 26.2 Å². The van der Waals surface area contributed by atoms with Crippen molar-refractivity contribution in [3.8, 4) is 5.88 Å². The van der Waals surface area contributed by atoms with Crippen molar-refractivity contribution in [2.24, 2.45) is 7.05 Å². The molecule has 1 aliphatic rings. The molecule has 1 N–H and O–H groups in total. The van der Waals surface area contributed by atoms with E-state index in [9.17, 15) is 9.18 Å². The lowest BCUT2D eigenvalue weighted by molar-refractivity contribution is 0.0929. The first-order chi connectivity index (χ1) is 11.6. The minimum absolute atomic E-state index is 0.0456. The van der Waals surface area contributed by atoms with E-state index in [4.69, 9.17) is 4.74 Å². The van der Waals surface area contributed by atoms with Crippen LogP contribution in [0.15, 0.2) is 30.5 Å². The number of piperidine rings is 1. The van der Waals surface area contributed by atoms with Crippen molar-refractivity contribution in [1.29, 1.82) is 0 Å². The molecule has 0 bridgehead atoms. The lowest BCUT2D eigenvalue weighted by Gasteiger charge is -2.34. The molecule has 1 atom stereocenters. The molecule has 1 fully saturated rings. The lowest BCUT2D eigenvalue weighted by atomic mass is 10.0. The van der Waals surface area contributed by atoms with Crippen LogP contribution in [-0.2, 0) is 7.05 Å². The summed E-state index contributed by atoms with van der Waals surface area (Å²) in [6.45, 7) is 1.36. The highest BCUT2D eigenvalue weighted by molar-refractivity contribution is 5.96. The molecule has 0 radical (unpaired) electrons. The second-order valence-corrected chi connectivity index (χ2v) is 5.90. The van der Waals surface area contributed by atoms with Gasteiger partial charge in [0.15, 0.2) is 0 Å². The van der Waals surface area contributed by atoms with Crippen molar-refractivity contribution in [3.05, 3.63) is 41.8 Å². The number of benzene rings is 1. The number of carbonyl (C=O) groups is 1. The summed E-state index contributed by atoms with van der Waals surface area (Å²) in [5.74, 6) is -0.0343. The third kappa shape index (κ3) is 3.20. The summed E-state index contributed by atoms with van der Waals surface area (Å²) in [6, 6.07) is 6.68. The SMILES string of the molecule is COc1c(C(=O)NC2CCCN(c3ccccc3F)C2)cnn1C. The predicted molar refractivity (Wildman–Crippen MR) is 88.9 cm³/mol. The average molecular weight is 332 g/mol. The molecule has 0 saturated carbocycles. The zero-order valence-corrected chi connectivity index (χ0v) is 13.8. The average Bonchev–Trinajstić information content (AvgIpc) is 2.96. The van der Waals surface area contributed by atoms with Gasteiger partial charge in [0.1, 0.15) is 11.4 Å². The van der Waals surface area contributed by atoms with Gasteiger partial charge < -0.3 is 15.0 Å². The van der Waals surface area contributed by atoms with Crippen LogP contribution in [-0.4, -0.2) is 41.9 Å². The van der Waals surface area contributed by atoms with Crippen molar-refractivity contribution in [3.63, 3.8) is 0 Å². The largest absolute Gasteiger partial charge is 0.481 e. The first kappa shape index (κ1) is 16.3. The molecular weight excluding hydrogens is 311 g/mol. The summed E-state index contributed by atoms with van der Waals surface area (Å²) in [6.07, 6.45) is 3.24. The van der Waals surface area contributed by atoms with Crippen LogP contribution in [0.5, 0.6) is 5.88 Å². The fraction of sp³-hybridized carbons (Fsp3) is 0.412. The zero-order valence-electron chi connectivity index (χ0n) is 13.8. The fourth-order valence-corrected chi connectivity index (χ4v) is 3.11. The Kier molecular flexibility index (Phi) is 4.69. The highest BCUT2D eigenvalue weighted by Gasteiger charge is 2.25. The number of carbonyl (C=O) groups excluding carboxylic acids is 1. The molecule has 1 amide bonds. The smallest absolute Gasteiger partial charge is 0.258 e. The highest BCUT2D eigenvalue weighted by atomic mass is 19.1. The number of aryl methyl sites for hydroxylation is 1. The highest BCUT2D eigenvalue weighted by Crippen LogP contribution is 2.23. The molecule has 24 heavy (non-hydrogen) atoms. The van der Waals surface area contributed by atoms with Crippen molar-refractivity contribution in [2.75, 3.05) is 25.1 Å². The number of anilines is 1. The predicted octanol–water partition coefficient (Wildman–Crippen LogP) is 1.97. The molecule has 1 saturated heterocycles. The number of nitrogens with zero attached hydrogens (tertiary/aromatic N) is 3. The summed E-state index contributed by atoms with van der Waals surface area (Å²) in [5.41, 5.74) is 0.985. The zero-order chi connectivity index (χ0) is 17.1. The number of hydrogen-bond acceptors (Lipinski definition) is 4. The Labute approximate surface area is 140 Å². The summed E-state index contributed by atoms with van der Waals surface area (Å²) >= 11 is 0. The quantitative estimate of drug-likeness (QED) is 0.930. The Bertz CT molecular complexity index is 731. The first-order valence-electron chi connectivity index (χ1n) is 7.96. The second kappa shape index (κ2) is 6.90. The van der Waals surface area contributed by atoms with Crippen LogP contribution in [0.1, 0.15) is 23.2 Å². The standard InChI is InChI=1S/C17H21FN4O2/c1-21-17(24-2)13(10-19-21)16(23)20-12-6-5-9-22(11-12)15-8-4-3-7-14(15)18/h3-4,7-8,10,12H,5-6,9,11H2,1-2H3,(H,20,23). The molecule has 3 rings (SSSR count). The van der Waals surface area contributed by atoms with Crippen LogP contribution in [0, 0.1) is 5.82 Å². The number of amides is 1. The van der Waals surface area contributed by atoms with E-state index in [1.165, 1.54) is 24.1 Å². The molecule has 1 unspecified atom stereocenters. The Hall–Kier alpha value is -2.57. The van der Waals surface area contributed by atoms with Gasteiger partial charge in [0.2, 0.25) is 5.88 Å². The molecule has 128 valence electrons. The molecule has 1 aliphatic heterocycles. The number of rotatable bonds is 4. The van der Waals surface area contributed by atoms with Crippen LogP contribution in [0.3, 0.4) is 0 Å². The van der Waals surface area contributed by atoms with Gasteiger partial charge in [-0.15, -0.1) is 0 Å². The normalized spacial score (nSPS) is 17.6. The van der Waals surface area contributed by atoms with Crippen LogP contribution < -0.4 is 15.0 Å². The molecule has 0 spiro atoms. The van der Waals surface area contributed by atoms with Gasteiger partial charge in [0.05, 0.1) is 19.0 Å². The Morgan fingerprint density at radius 2 is 2.21 bits per heavy atom. The molecular formula is C17H21FN4O2. The van der Waals surface area contributed by atoms with Gasteiger partial charge in [0.25, 0.3) is 5.91 Å². The number of para-hydroxylation sites is 1. The number of aromatic nitrogens is 2. The van der Waals surface area contributed by atoms with Gasteiger partial charge in [-0.1, -0.05) is 12.1 Å². The van der Waals surface area contributed by atoms with Crippen LogP contribution in [0.2, 0.25) is 0 Å². The summed E-state index contributed by atoms with van der Waals surface area (Å²) in [5, 5.41) is 7.05. The van der Waals surface area contributed by atoms with Crippen molar-refractivity contribution < 1.29 is 13.9 Å². The van der Waals surface area contributed by atoms with E-state index in [1.54, 1.807) is 19.2 Å². The number of ether oxygens (including phenoxy) is 1. The van der Waals surface area contributed by atoms with Gasteiger partial charge in [-0.2, -0.15) is 5.10 Å². The molecule has 0 aliphatic carbocycles. The minimum atomic E-state index is -0.238. The van der Waals surface area contributed by atoms with Crippen LogP contribution >= 0.6 is 0 Å². The van der Waals surface area contributed by atoms with Crippen molar-refractivity contribution >= 4 is 11.6 Å². The maximum Gasteiger partial charge on any atom is 0.258 e. The number of methoxy groups -OCH3 is 1. The van der Waals surface area contributed by atoms with Crippen LogP contribution in [0.4, 0.5) is 10.1 Å². The van der Waals surface area contributed by atoms with Crippen molar-refractivity contribution in [1.82, 2.24) is 15.1 Å². The molecule has 2 aromatic rings. The molecule has 1 aromatic heterocycles. The van der Waals surface area contributed by atoms with Crippen molar-refractivity contribution in [2.45, 2.75) is 18.9 Å². The maximum atomic E-state index is 14.0. The Morgan fingerprint density at radius 3 is 2.96 bits per heavy atom. The molecule has 6 nitrogen and oxygen atoms in total. The van der Waals surface area contributed by atoms with E-state index in [1.807, 2.05) is 11.0 Å². The molecule has 7 heteroatoms. The minimum Gasteiger partial charge on any atom is -0.481 e. The maximum absolute atomic E-state index is 14.0. The third-order valence-corrected chi connectivity index (χ3v) is 4.27. The third-order valence-electron chi connectivity index (χ3n) is 4.27. The summed E-state index contributed by atoms with van der Waals surface area (Å²) in [4.78, 5) is 14.5. The van der Waals surface area contributed by atoms with Gasteiger partial charge in [-0.05, 0) is 25.0 Å². The van der Waals surface area contributed by atoms with E-state index in [0.29, 0.717) is 23.7 Å². The molecule has 1 aromatic carbocycles. The van der Waals surface area contributed by atoms with Gasteiger partial charge in [-0.25, -0.2) is 9.07 Å². The number of hydrogen-bond donors (Lipinski definition) is 1. The topological polar surface area (TPSA) is 59.4 Å². The summed E-state index contributed by atoms with van der Waals surface area (Å²) < 4.78 is 20.7. The van der Waals surface area contributed by atoms with Gasteiger partial charge >= 0.3 is 0 Å². The second-order valence-electron chi connectivity index (χ2n) is 5.90. The Balaban J connectivity index is 1.69. The number of nitrogens with one attached hydrogen (secondary N) is 1. The molecule has 2 heterocycles. The monoisotopic (exact) mass is 332 g/mol. The lowest BCUT2D eigenvalue weighted by Crippen LogP contribution is -2.48. The number of halogens is 1. The summed E-state index contributed by atoms with van der Waals surface area (Å²) in [7, 11) is 3.23. The fourth-order valence-electron chi connectivity index (χ4n) is 3.11.